The largest absolute Gasteiger partial charge is 0.478 e. The Kier molecular flexibility index (Phi) is 12.5. The van der Waals surface area contributed by atoms with Crippen LogP contribution in [-0.2, 0) is 0 Å². The Morgan fingerprint density at radius 3 is 1.73 bits per heavy atom. The highest BCUT2D eigenvalue weighted by Crippen LogP contribution is 2.27. The van der Waals surface area contributed by atoms with Gasteiger partial charge in [-0.05, 0) is 68.4 Å². The Balaban J connectivity index is 1.47. The van der Waals surface area contributed by atoms with Crippen molar-refractivity contribution in [2.24, 2.45) is 0 Å². The van der Waals surface area contributed by atoms with Crippen LogP contribution < -0.4 is 15.5 Å². The van der Waals surface area contributed by atoms with Gasteiger partial charge in [-0.15, -0.1) is 0 Å². The first-order valence-corrected chi connectivity index (χ1v) is 15.3. The number of ketones is 1. The first kappa shape index (κ1) is 34.9. The van der Waals surface area contributed by atoms with Gasteiger partial charge in [0, 0.05) is 75.1 Å². The number of hydrogen-bond donors (Lipinski definition) is 5. The lowest BCUT2D eigenvalue weighted by Gasteiger charge is -2.28. The number of rotatable bonds is 19. The summed E-state index contributed by atoms with van der Waals surface area (Å²) in [7, 11) is 0. The average molecular weight is 656 g/mol. The van der Waals surface area contributed by atoms with Gasteiger partial charge in [0.1, 0.15) is 0 Å². The van der Waals surface area contributed by atoms with E-state index in [9.17, 15) is 34.5 Å². The first-order chi connectivity index (χ1) is 23.1. The van der Waals surface area contributed by atoms with Crippen molar-refractivity contribution in [3.05, 3.63) is 102 Å². The maximum Gasteiger partial charge on any atom is 0.337 e. The van der Waals surface area contributed by atoms with E-state index in [0.717, 1.165) is 11.3 Å². The van der Waals surface area contributed by atoms with Crippen LogP contribution in [0.2, 0.25) is 0 Å². The van der Waals surface area contributed by atoms with Crippen LogP contribution in [0.25, 0.3) is 0 Å². The molecule has 4 rings (SSSR count). The molecule has 4 heterocycles. The van der Waals surface area contributed by atoms with Crippen LogP contribution in [0.4, 0.5) is 17.1 Å². The Morgan fingerprint density at radius 2 is 1.15 bits per heavy atom. The van der Waals surface area contributed by atoms with Gasteiger partial charge in [-0.2, -0.15) is 0 Å². The summed E-state index contributed by atoms with van der Waals surface area (Å²) in [5, 5.41) is 34.5. The lowest BCUT2D eigenvalue weighted by Crippen LogP contribution is -2.28. The van der Waals surface area contributed by atoms with Gasteiger partial charge in [0.05, 0.1) is 39.9 Å². The monoisotopic (exact) mass is 655 g/mol. The van der Waals surface area contributed by atoms with Gasteiger partial charge in [-0.25, -0.2) is 14.4 Å². The zero-order chi connectivity index (χ0) is 34.5. The molecule has 0 saturated carbocycles. The third kappa shape index (κ3) is 10.3. The van der Waals surface area contributed by atoms with E-state index in [-0.39, 0.29) is 28.4 Å². The molecule has 0 spiro atoms. The van der Waals surface area contributed by atoms with Crippen molar-refractivity contribution >= 4 is 40.8 Å². The molecule has 0 aliphatic rings. The maximum absolute atomic E-state index is 12.1. The number of hydrogen-bond acceptors (Lipinski definition) is 11. The molecule has 0 bridgehead atoms. The molecule has 1 atom stereocenters. The number of carbonyl (C=O) groups is 4. The van der Waals surface area contributed by atoms with Gasteiger partial charge < -0.3 is 30.9 Å². The highest BCUT2D eigenvalue weighted by Gasteiger charge is 2.18. The minimum Gasteiger partial charge on any atom is -0.478 e. The number of carboxylic acid groups (broad SMARTS) is 3. The van der Waals surface area contributed by atoms with Crippen molar-refractivity contribution in [2.75, 3.05) is 41.7 Å². The zero-order valence-electron chi connectivity index (χ0n) is 26.4. The average Bonchev–Trinajstić information content (AvgIpc) is 3.09. The summed E-state index contributed by atoms with van der Waals surface area (Å²) in [5.74, 6) is -3.37. The second kappa shape index (κ2) is 17.1. The molecule has 1 unspecified atom stereocenters. The lowest BCUT2D eigenvalue weighted by atomic mass is 9.91. The number of aromatic nitrogens is 4. The molecular weight excluding hydrogens is 618 g/mol. The van der Waals surface area contributed by atoms with E-state index in [2.05, 4.69) is 35.5 Å². The van der Waals surface area contributed by atoms with Crippen molar-refractivity contribution in [2.45, 2.75) is 38.5 Å². The Hall–Kier alpha value is -5.92. The van der Waals surface area contributed by atoms with Crippen molar-refractivity contribution in [3.8, 4) is 0 Å². The number of Topliss-reactive ketones (excluding diaryl/α,β-unsaturated/α-hetero) is 1. The number of carbonyl (C=O) groups excluding carboxylic acids is 1. The molecular formula is C34H37N7O7. The van der Waals surface area contributed by atoms with Crippen LogP contribution in [0.15, 0.2) is 73.8 Å². The fourth-order valence-corrected chi connectivity index (χ4v) is 5.14. The summed E-state index contributed by atoms with van der Waals surface area (Å²) in [4.78, 5) is 65.0. The molecule has 250 valence electrons. The molecule has 4 aromatic heterocycles. The molecule has 14 nitrogen and oxygen atoms in total. The van der Waals surface area contributed by atoms with Gasteiger partial charge in [-0.1, -0.05) is 0 Å². The molecule has 0 radical (unpaired) electrons. The Labute approximate surface area is 276 Å². The van der Waals surface area contributed by atoms with E-state index in [1.165, 1.54) is 43.8 Å². The Bertz CT molecular complexity index is 1620. The van der Waals surface area contributed by atoms with Gasteiger partial charge >= 0.3 is 17.9 Å². The number of pyridine rings is 4. The number of carboxylic acids is 3. The normalized spacial score (nSPS) is 11.4. The lowest BCUT2D eigenvalue weighted by molar-refractivity contribution is 0.0685. The van der Waals surface area contributed by atoms with E-state index in [4.69, 9.17) is 0 Å². The second-order valence-corrected chi connectivity index (χ2v) is 11.2. The topological polar surface area (TPSA) is 208 Å². The number of nitrogens with one attached hydrogen (secondary N) is 2. The van der Waals surface area contributed by atoms with Crippen molar-refractivity contribution in [3.63, 3.8) is 0 Å². The van der Waals surface area contributed by atoms with Gasteiger partial charge in [0.15, 0.2) is 5.78 Å². The third-order valence-corrected chi connectivity index (χ3v) is 7.68. The van der Waals surface area contributed by atoms with Crippen LogP contribution in [0, 0.1) is 0 Å². The molecule has 0 aromatic carbocycles. The van der Waals surface area contributed by atoms with Gasteiger partial charge in [0.25, 0.3) is 0 Å². The molecule has 0 fully saturated rings. The quantitative estimate of drug-likeness (QED) is 0.0670. The van der Waals surface area contributed by atoms with Crippen LogP contribution in [0.1, 0.15) is 85.5 Å². The SMILES string of the molecule is CC(=O)c1cncc(N(CCCNc2cncc(C(=O)O)c2)CCC(CCCNc2cncc(C(=O)O)c2)c2cncc(C(=O)O)c2)c1. The smallest absolute Gasteiger partial charge is 0.337 e. The third-order valence-electron chi connectivity index (χ3n) is 7.68. The summed E-state index contributed by atoms with van der Waals surface area (Å²) < 4.78 is 0. The van der Waals surface area contributed by atoms with Crippen LogP contribution in [-0.4, -0.2) is 85.1 Å². The van der Waals surface area contributed by atoms with Crippen LogP contribution in [0.5, 0.6) is 0 Å². The maximum atomic E-state index is 12.1. The van der Waals surface area contributed by atoms with E-state index in [1.54, 1.807) is 36.9 Å². The minimum atomic E-state index is -1.07. The standard InChI is InChI=1S/C34H37N7O7/c1-22(42)24-13-31(21-38-14-24)41(8-3-7-40-30-12-28(34(47)48)18-37-20-30)9-5-23(25-10-26(32(43)44)16-35-15-25)4-2-6-39-29-11-27(33(45)46)17-36-19-29/h10-21,23,39-40H,2-9H2,1H3,(H,43,44)(H,45,46)(H,47,48). The predicted octanol–water partition coefficient (Wildman–Crippen LogP) is 4.94. The Morgan fingerprint density at radius 1 is 0.625 bits per heavy atom. The van der Waals surface area contributed by atoms with Gasteiger partial charge in [0.2, 0.25) is 0 Å². The molecule has 0 saturated heterocycles. The number of nitrogens with zero attached hydrogens (tertiary/aromatic N) is 5. The summed E-state index contributed by atoms with van der Waals surface area (Å²) in [5.41, 5.74) is 3.47. The van der Waals surface area contributed by atoms with E-state index >= 15 is 0 Å². The molecule has 4 aromatic rings. The molecule has 0 amide bonds. The summed E-state index contributed by atoms with van der Waals surface area (Å²) in [6, 6.07) is 6.47. The fourth-order valence-electron chi connectivity index (χ4n) is 5.14. The van der Waals surface area contributed by atoms with E-state index < -0.39 is 17.9 Å². The summed E-state index contributed by atoms with van der Waals surface area (Å²) >= 11 is 0. The molecule has 14 heteroatoms. The van der Waals surface area contributed by atoms with Crippen molar-refractivity contribution < 1.29 is 34.5 Å². The first-order valence-electron chi connectivity index (χ1n) is 15.3. The molecule has 48 heavy (non-hydrogen) atoms. The fraction of sp³-hybridized carbons (Fsp3) is 0.294. The highest BCUT2D eigenvalue weighted by atomic mass is 16.4. The predicted molar refractivity (Wildman–Crippen MR) is 178 cm³/mol. The van der Waals surface area contributed by atoms with Crippen molar-refractivity contribution in [1.29, 1.82) is 0 Å². The number of aromatic carboxylic acids is 3. The second-order valence-electron chi connectivity index (χ2n) is 11.2. The summed E-state index contributed by atoms with van der Waals surface area (Å²) in [6.07, 6.45) is 14.5. The van der Waals surface area contributed by atoms with E-state index in [1.807, 2.05) is 0 Å². The van der Waals surface area contributed by atoms with Crippen molar-refractivity contribution in [1.82, 2.24) is 19.9 Å². The van der Waals surface area contributed by atoms with E-state index in [0.29, 0.717) is 68.8 Å². The summed E-state index contributed by atoms with van der Waals surface area (Å²) in [6.45, 7) is 3.68. The molecule has 5 N–H and O–H groups in total. The minimum absolute atomic E-state index is 0.0727. The zero-order valence-corrected chi connectivity index (χ0v) is 26.4. The molecule has 0 aliphatic carbocycles. The highest BCUT2D eigenvalue weighted by molar-refractivity contribution is 5.94. The number of anilines is 3. The van der Waals surface area contributed by atoms with Crippen LogP contribution in [0.3, 0.4) is 0 Å². The van der Waals surface area contributed by atoms with Gasteiger partial charge in [-0.3, -0.25) is 24.7 Å². The van der Waals surface area contributed by atoms with Crippen LogP contribution >= 0.6 is 0 Å². The molecule has 0 aliphatic heterocycles.